The van der Waals surface area contributed by atoms with Crippen LogP contribution in [0.2, 0.25) is 0 Å². The van der Waals surface area contributed by atoms with Crippen LogP contribution in [0.15, 0.2) is 35.3 Å². The second-order valence-corrected chi connectivity index (χ2v) is 8.17. The first-order valence-corrected chi connectivity index (χ1v) is 9.68. The van der Waals surface area contributed by atoms with Gasteiger partial charge in [0.25, 0.3) is 0 Å². The van der Waals surface area contributed by atoms with Gasteiger partial charge in [-0.1, -0.05) is 6.07 Å². The molecular formula is C20H19ClN2O3S. The number of aromatic nitrogens is 1. The molecule has 1 aliphatic heterocycles. The second-order valence-electron chi connectivity index (χ2n) is 7.03. The quantitative estimate of drug-likeness (QED) is 0.698. The van der Waals surface area contributed by atoms with Crippen LogP contribution in [-0.2, 0) is 13.0 Å². The van der Waals surface area contributed by atoms with Crippen LogP contribution in [0.25, 0.3) is 21.3 Å². The third-order valence-corrected chi connectivity index (χ3v) is 6.47. The number of halogens is 1. The van der Waals surface area contributed by atoms with Gasteiger partial charge in [0.05, 0.1) is 5.52 Å². The van der Waals surface area contributed by atoms with Gasteiger partial charge in [0, 0.05) is 33.9 Å². The molecule has 0 radical (unpaired) electrons. The Morgan fingerprint density at radius 2 is 2.07 bits per heavy atom. The Morgan fingerprint density at radius 1 is 1.26 bits per heavy atom. The molecule has 2 aliphatic rings. The van der Waals surface area contributed by atoms with Crippen molar-refractivity contribution >= 4 is 40.6 Å². The molecule has 5 nitrogen and oxygen atoms in total. The lowest BCUT2D eigenvalue weighted by atomic mass is 10.0. The molecule has 140 valence electrons. The predicted molar refractivity (Wildman–Crippen MR) is 109 cm³/mol. The van der Waals surface area contributed by atoms with Gasteiger partial charge in [-0.25, -0.2) is 4.79 Å². The number of carboxylic acids is 1. The lowest BCUT2D eigenvalue weighted by Gasteiger charge is -2.12. The number of pyridine rings is 1. The van der Waals surface area contributed by atoms with Crippen molar-refractivity contribution in [2.75, 3.05) is 6.54 Å². The Hall–Kier alpha value is -2.15. The molecule has 0 saturated heterocycles. The third-order valence-electron chi connectivity index (χ3n) is 5.24. The molecule has 1 aromatic carbocycles. The van der Waals surface area contributed by atoms with Gasteiger partial charge in [-0.2, -0.15) is 0 Å². The van der Waals surface area contributed by atoms with Gasteiger partial charge >= 0.3 is 5.97 Å². The van der Waals surface area contributed by atoms with Crippen LogP contribution in [0.4, 0.5) is 0 Å². The lowest BCUT2D eigenvalue weighted by molar-refractivity contribution is 0.0695. The first-order valence-electron chi connectivity index (χ1n) is 8.86. The van der Waals surface area contributed by atoms with Gasteiger partial charge in [-0.15, -0.1) is 23.7 Å². The Morgan fingerprint density at radius 3 is 2.78 bits per heavy atom. The highest BCUT2D eigenvalue weighted by Crippen LogP contribution is 2.39. The maximum absolute atomic E-state index is 12.6. The van der Waals surface area contributed by atoms with E-state index in [0.29, 0.717) is 11.4 Å². The number of nitrogens with one attached hydrogen (secondary N) is 1. The van der Waals surface area contributed by atoms with Crippen molar-refractivity contribution in [2.24, 2.45) is 0 Å². The van der Waals surface area contributed by atoms with Crippen molar-refractivity contribution in [1.82, 2.24) is 9.88 Å². The van der Waals surface area contributed by atoms with E-state index in [2.05, 4.69) is 11.4 Å². The fraction of sp³-hybridized carbons (Fsp3) is 0.300. The molecule has 5 rings (SSSR count). The van der Waals surface area contributed by atoms with Crippen LogP contribution in [0.3, 0.4) is 0 Å². The van der Waals surface area contributed by atoms with E-state index in [1.54, 1.807) is 17.4 Å². The molecule has 0 amide bonds. The average Bonchev–Trinajstić information content (AvgIpc) is 3.39. The number of carbonyl (C=O) groups is 1. The van der Waals surface area contributed by atoms with E-state index < -0.39 is 11.4 Å². The Bertz CT molecular complexity index is 1090. The molecule has 3 aromatic rings. The highest BCUT2D eigenvalue weighted by molar-refractivity contribution is 7.15. The Balaban J connectivity index is 0.00000180. The summed E-state index contributed by atoms with van der Waals surface area (Å²) in [7, 11) is 0. The molecular weight excluding hydrogens is 384 g/mol. The van der Waals surface area contributed by atoms with Gasteiger partial charge in [0.15, 0.2) is 0 Å². The van der Waals surface area contributed by atoms with Crippen LogP contribution >= 0.6 is 23.7 Å². The van der Waals surface area contributed by atoms with Gasteiger partial charge in [-0.3, -0.25) is 4.79 Å². The van der Waals surface area contributed by atoms with Crippen molar-refractivity contribution in [3.63, 3.8) is 0 Å². The molecule has 27 heavy (non-hydrogen) atoms. The summed E-state index contributed by atoms with van der Waals surface area (Å²) in [5.41, 5.74) is 2.79. The number of hydrogen-bond donors (Lipinski definition) is 2. The summed E-state index contributed by atoms with van der Waals surface area (Å²) in [5.74, 6) is -1.16. The fourth-order valence-electron chi connectivity index (χ4n) is 3.70. The minimum Gasteiger partial charge on any atom is -0.477 e. The Kier molecular flexibility index (Phi) is 4.58. The van der Waals surface area contributed by atoms with Crippen LogP contribution < -0.4 is 10.7 Å². The number of nitrogens with zero attached hydrogens (tertiary/aromatic N) is 1. The normalized spacial score (nSPS) is 16.0. The standard InChI is InChI=1S/C20H18N2O3S.ClH/c23-19-14-4-1-11(17-8-12-5-6-21-9-18(12)26-17)7-16(14)22(13-2-3-13)10-15(19)20(24)25;/h1,4,7-8,10,13,21H,2-3,5-6,9H2,(H,24,25);1H. The van der Waals surface area contributed by atoms with Gasteiger partial charge in [0.2, 0.25) is 5.43 Å². The first kappa shape index (κ1) is 18.2. The second kappa shape index (κ2) is 6.78. The zero-order valence-corrected chi connectivity index (χ0v) is 16.2. The Labute approximate surface area is 166 Å². The monoisotopic (exact) mass is 402 g/mol. The largest absolute Gasteiger partial charge is 0.477 e. The maximum Gasteiger partial charge on any atom is 0.341 e. The average molecular weight is 403 g/mol. The molecule has 0 bridgehead atoms. The summed E-state index contributed by atoms with van der Waals surface area (Å²) in [6.07, 6.45) is 4.63. The van der Waals surface area contributed by atoms with E-state index in [-0.39, 0.29) is 18.0 Å². The topological polar surface area (TPSA) is 71.3 Å². The zero-order valence-electron chi connectivity index (χ0n) is 14.5. The van der Waals surface area contributed by atoms with Gasteiger partial charge in [-0.05, 0) is 55.1 Å². The van der Waals surface area contributed by atoms with Crippen LogP contribution in [0.5, 0.6) is 0 Å². The van der Waals surface area contributed by atoms with Crippen molar-refractivity contribution in [3.8, 4) is 10.4 Å². The molecule has 1 aliphatic carbocycles. The third kappa shape index (κ3) is 3.08. The van der Waals surface area contributed by atoms with Gasteiger partial charge < -0.3 is 15.0 Å². The number of hydrogen-bond acceptors (Lipinski definition) is 4. The number of aromatic carboxylic acids is 1. The number of benzene rings is 1. The summed E-state index contributed by atoms with van der Waals surface area (Å²) in [6.45, 7) is 1.93. The van der Waals surface area contributed by atoms with Crippen LogP contribution in [-0.4, -0.2) is 22.2 Å². The number of thiophene rings is 1. The minimum atomic E-state index is -1.16. The molecule has 2 aromatic heterocycles. The van der Waals surface area contributed by atoms with E-state index >= 15 is 0 Å². The van der Waals surface area contributed by atoms with E-state index in [0.717, 1.165) is 43.4 Å². The van der Waals surface area contributed by atoms with Crippen molar-refractivity contribution in [3.05, 3.63) is 56.7 Å². The highest BCUT2D eigenvalue weighted by Gasteiger charge is 2.27. The predicted octanol–water partition coefficient (Wildman–Crippen LogP) is 3.83. The molecule has 3 heterocycles. The summed E-state index contributed by atoms with van der Waals surface area (Å²) < 4.78 is 1.98. The molecule has 2 N–H and O–H groups in total. The van der Waals surface area contributed by atoms with Crippen molar-refractivity contribution < 1.29 is 9.90 Å². The summed E-state index contributed by atoms with van der Waals surface area (Å²) in [5, 5.41) is 13.3. The smallest absolute Gasteiger partial charge is 0.341 e. The maximum atomic E-state index is 12.6. The van der Waals surface area contributed by atoms with E-state index in [1.807, 2.05) is 16.7 Å². The SMILES string of the molecule is Cl.O=C(O)c1cn(C2CC2)c2cc(-c3cc4c(s3)CNCC4)ccc2c1=O. The molecule has 1 saturated carbocycles. The zero-order chi connectivity index (χ0) is 17.8. The first-order chi connectivity index (χ1) is 12.6. The summed E-state index contributed by atoms with van der Waals surface area (Å²) in [6, 6.07) is 8.33. The van der Waals surface area contributed by atoms with E-state index in [9.17, 15) is 14.7 Å². The summed E-state index contributed by atoms with van der Waals surface area (Å²) >= 11 is 1.80. The molecule has 1 fully saturated rings. The number of carboxylic acid groups (broad SMARTS) is 1. The van der Waals surface area contributed by atoms with Gasteiger partial charge in [0.1, 0.15) is 5.56 Å². The fourth-order valence-corrected chi connectivity index (χ4v) is 4.88. The van der Waals surface area contributed by atoms with E-state index in [4.69, 9.17) is 0 Å². The lowest BCUT2D eigenvalue weighted by Crippen LogP contribution is -2.21. The van der Waals surface area contributed by atoms with Crippen molar-refractivity contribution in [2.45, 2.75) is 31.8 Å². The molecule has 0 spiro atoms. The number of fused-ring (bicyclic) bond motifs is 2. The number of rotatable bonds is 3. The van der Waals surface area contributed by atoms with Crippen LogP contribution in [0.1, 0.15) is 39.7 Å². The van der Waals surface area contributed by atoms with E-state index in [1.165, 1.54) is 21.5 Å². The molecule has 0 unspecified atom stereocenters. The van der Waals surface area contributed by atoms with Crippen LogP contribution in [0, 0.1) is 0 Å². The van der Waals surface area contributed by atoms with Crippen molar-refractivity contribution in [1.29, 1.82) is 0 Å². The molecule has 0 atom stereocenters. The highest BCUT2D eigenvalue weighted by atomic mass is 35.5. The molecule has 7 heteroatoms. The summed E-state index contributed by atoms with van der Waals surface area (Å²) in [4.78, 5) is 26.6. The minimum absolute atomic E-state index is 0.